The number of carbonyl (C=O) groups excluding carboxylic acids is 2. The summed E-state index contributed by atoms with van der Waals surface area (Å²) in [6, 6.07) is 3.31. The van der Waals surface area contributed by atoms with Crippen LogP contribution in [0.3, 0.4) is 0 Å². The Balaban J connectivity index is 1.61. The quantitative estimate of drug-likeness (QED) is 0.473. The lowest BCUT2D eigenvalue weighted by Crippen LogP contribution is -2.44. The summed E-state index contributed by atoms with van der Waals surface area (Å²) in [5, 5.41) is 18.2. The van der Waals surface area contributed by atoms with Gasteiger partial charge in [-0.05, 0) is 30.7 Å². The van der Waals surface area contributed by atoms with Gasteiger partial charge in [-0.25, -0.2) is 0 Å². The minimum atomic E-state index is -0.374. The Morgan fingerprint density at radius 2 is 2.07 bits per heavy atom. The Labute approximate surface area is 159 Å². The van der Waals surface area contributed by atoms with Gasteiger partial charge in [-0.1, -0.05) is 0 Å². The van der Waals surface area contributed by atoms with Crippen LogP contribution in [-0.4, -0.2) is 80.8 Å². The molecule has 0 aromatic heterocycles. The van der Waals surface area contributed by atoms with E-state index >= 15 is 0 Å². The topological polar surface area (TPSA) is 103 Å². The number of fused-ring (bicyclic) bond motifs is 1. The van der Waals surface area contributed by atoms with Gasteiger partial charge in [-0.15, -0.1) is 0 Å². The number of carbonyl (C=O) groups is 2. The summed E-state index contributed by atoms with van der Waals surface area (Å²) in [6.45, 7) is 5.53. The van der Waals surface area contributed by atoms with E-state index in [1.807, 2.05) is 0 Å². The van der Waals surface area contributed by atoms with Gasteiger partial charge in [0.15, 0.2) is 0 Å². The fraction of sp³-hybridized carbons (Fsp3) is 0.579. The number of nitrogens with one attached hydrogen (secondary N) is 3. The number of amides is 2. The molecule has 27 heavy (non-hydrogen) atoms. The van der Waals surface area contributed by atoms with Gasteiger partial charge >= 0.3 is 0 Å². The van der Waals surface area contributed by atoms with Crippen LogP contribution in [-0.2, 0) is 6.42 Å². The van der Waals surface area contributed by atoms with E-state index in [1.54, 1.807) is 12.1 Å². The lowest BCUT2D eigenvalue weighted by atomic mass is 10.0. The smallest absolute Gasteiger partial charge is 0.254 e. The molecule has 8 heteroatoms. The van der Waals surface area contributed by atoms with Crippen LogP contribution in [0.5, 0.6) is 5.75 Å². The maximum absolute atomic E-state index is 12.6. The number of hydrogen-bond acceptors (Lipinski definition) is 6. The Kier molecular flexibility index (Phi) is 6.65. The molecule has 0 aliphatic carbocycles. The summed E-state index contributed by atoms with van der Waals surface area (Å²) in [7, 11) is 1.54. The molecule has 0 bridgehead atoms. The summed E-state index contributed by atoms with van der Waals surface area (Å²) < 4.78 is 5.66. The molecular weight excluding hydrogens is 348 g/mol. The van der Waals surface area contributed by atoms with Crippen molar-refractivity contribution in [2.75, 3.05) is 52.9 Å². The van der Waals surface area contributed by atoms with Crippen LogP contribution >= 0.6 is 0 Å². The van der Waals surface area contributed by atoms with Gasteiger partial charge in [0.2, 0.25) is 0 Å². The number of piperazine rings is 1. The third-order valence-corrected chi connectivity index (χ3v) is 4.98. The van der Waals surface area contributed by atoms with E-state index in [9.17, 15) is 14.7 Å². The van der Waals surface area contributed by atoms with Crippen molar-refractivity contribution in [2.45, 2.75) is 18.9 Å². The minimum Gasteiger partial charge on any atom is -0.487 e. The number of ether oxygens (including phenoxy) is 1. The maximum Gasteiger partial charge on any atom is 0.254 e. The van der Waals surface area contributed by atoms with E-state index in [-0.39, 0.29) is 24.5 Å². The lowest BCUT2D eigenvalue weighted by molar-refractivity contribution is 0.0950. The van der Waals surface area contributed by atoms with Gasteiger partial charge in [0.25, 0.3) is 11.8 Å². The van der Waals surface area contributed by atoms with Crippen molar-refractivity contribution in [1.29, 1.82) is 0 Å². The SMILES string of the molecule is CNC(=O)c1cc(C(=O)NCCCN2CCNCC2)cc2c1OC(CO)C2. The van der Waals surface area contributed by atoms with Crippen LogP contribution in [0, 0.1) is 0 Å². The highest BCUT2D eigenvalue weighted by Crippen LogP contribution is 2.34. The first-order valence-electron chi connectivity index (χ1n) is 9.50. The standard InChI is InChI=1S/C19H28N4O4/c1-20-19(26)16-11-14(9-13-10-15(12-24)27-17(13)16)18(25)22-3-2-6-23-7-4-21-5-8-23/h9,11,15,21,24H,2-8,10,12H2,1H3,(H,20,26)(H,22,25). The summed E-state index contributed by atoms with van der Waals surface area (Å²) in [5.74, 6) is -0.0439. The molecule has 8 nitrogen and oxygen atoms in total. The molecule has 2 amide bonds. The summed E-state index contributed by atoms with van der Waals surface area (Å²) in [6.07, 6.45) is 0.995. The molecule has 2 aliphatic rings. The first-order valence-corrected chi connectivity index (χ1v) is 9.50. The van der Waals surface area contributed by atoms with E-state index in [4.69, 9.17) is 4.74 Å². The minimum absolute atomic E-state index is 0.130. The number of benzene rings is 1. The number of aliphatic hydroxyl groups is 1. The molecule has 1 unspecified atom stereocenters. The van der Waals surface area contributed by atoms with Gasteiger partial charge in [-0.3, -0.25) is 9.59 Å². The summed E-state index contributed by atoms with van der Waals surface area (Å²) in [4.78, 5) is 27.1. The van der Waals surface area contributed by atoms with Gasteiger partial charge in [-0.2, -0.15) is 0 Å². The van der Waals surface area contributed by atoms with Gasteiger partial charge in [0.1, 0.15) is 11.9 Å². The Morgan fingerprint density at radius 1 is 1.30 bits per heavy atom. The van der Waals surface area contributed by atoms with Gasteiger partial charge in [0.05, 0.1) is 12.2 Å². The Hall–Kier alpha value is -2.16. The molecule has 2 heterocycles. The second kappa shape index (κ2) is 9.16. The average molecular weight is 376 g/mol. The van der Waals surface area contributed by atoms with Crippen molar-refractivity contribution >= 4 is 11.8 Å². The predicted molar refractivity (Wildman–Crippen MR) is 101 cm³/mol. The molecule has 1 fully saturated rings. The van der Waals surface area contributed by atoms with Crippen molar-refractivity contribution in [2.24, 2.45) is 0 Å². The van der Waals surface area contributed by atoms with Crippen LogP contribution in [0.1, 0.15) is 32.7 Å². The highest BCUT2D eigenvalue weighted by atomic mass is 16.5. The Morgan fingerprint density at radius 3 is 2.78 bits per heavy atom. The van der Waals surface area contributed by atoms with Crippen LogP contribution in [0.2, 0.25) is 0 Å². The summed E-state index contributed by atoms with van der Waals surface area (Å²) >= 11 is 0. The third-order valence-electron chi connectivity index (χ3n) is 4.98. The number of rotatable bonds is 7. The second-order valence-corrected chi connectivity index (χ2v) is 6.92. The highest BCUT2D eigenvalue weighted by Gasteiger charge is 2.29. The molecule has 1 atom stereocenters. The average Bonchev–Trinajstić information content (AvgIpc) is 3.13. The monoisotopic (exact) mass is 376 g/mol. The van der Waals surface area contributed by atoms with Crippen molar-refractivity contribution in [3.63, 3.8) is 0 Å². The zero-order chi connectivity index (χ0) is 19.2. The predicted octanol–water partition coefficient (Wildman–Crippen LogP) is -0.633. The molecular formula is C19H28N4O4. The first-order chi connectivity index (χ1) is 13.1. The molecule has 1 aromatic carbocycles. The largest absolute Gasteiger partial charge is 0.487 e. The molecule has 0 saturated carbocycles. The van der Waals surface area contributed by atoms with E-state index < -0.39 is 0 Å². The van der Waals surface area contributed by atoms with Crippen LogP contribution in [0.15, 0.2) is 12.1 Å². The molecule has 4 N–H and O–H groups in total. The van der Waals surface area contributed by atoms with Crippen molar-refractivity contribution in [3.05, 3.63) is 28.8 Å². The van der Waals surface area contributed by atoms with Crippen molar-refractivity contribution in [1.82, 2.24) is 20.9 Å². The van der Waals surface area contributed by atoms with E-state index in [2.05, 4.69) is 20.9 Å². The van der Waals surface area contributed by atoms with E-state index in [1.165, 1.54) is 7.05 Å². The Bertz CT molecular complexity index is 689. The molecule has 1 aromatic rings. The first kappa shape index (κ1) is 19.6. The zero-order valence-electron chi connectivity index (χ0n) is 15.7. The molecule has 0 spiro atoms. The third kappa shape index (κ3) is 4.77. The maximum atomic E-state index is 12.6. The normalized spacial score (nSPS) is 19.3. The summed E-state index contributed by atoms with van der Waals surface area (Å²) in [5.41, 5.74) is 1.55. The fourth-order valence-electron chi connectivity index (χ4n) is 3.51. The van der Waals surface area contributed by atoms with Crippen molar-refractivity contribution < 1.29 is 19.4 Å². The second-order valence-electron chi connectivity index (χ2n) is 6.92. The number of aliphatic hydroxyl groups excluding tert-OH is 1. The molecule has 3 rings (SSSR count). The molecule has 1 saturated heterocycles. The van der Waals surface area contributed by atoms with Crippen LogP contribution in [0.25, 0.3) is 0 Å². The molecule has 2 aliphatic heterocycles. The van der Waals surface area contributed by atoms with Crippen LogP contribution < -0.4 is 20.7 Å². The van der Waals surface area contributed by atoms with Crippen LogP contribution in [0.4, 0.5) is 0 Å². The molecule has 0 radical (unpaired) electrons. The van der Waals surface area contributed by atoms with Gasteiger partial charge in [0, 0.05) is 51.8 Å². The molecule has 148 valence electrons. The highest BCUT2D eigenvalue weighted by molar-refractivity contribution is 6.02. The lowest BCUT2D eigenvalue weighted by Gasteiger charge is -2.27. The number of nitrogens with zero attached hydrogens (tertiary/aromatic N) is 1. The van der Waals surface area contributed by atoms with E-state index in [0.717, 1.165) is 44.7 Å². The van der Waals surface area contributed by atoms with Crippen molar-refractivity contribution in [3.8, 4) is 5.75 Å². The fourth-order valence-corrected chi connectivity index (χ4v) is 3.51. The zero-order valence-corrected chi connectivity index (χ0v) is 15.7. The van der Waals surface area contributed by atoms with Gasteiger partial charge < -0.3 is 30.7 Å². The van der Waals surface area contributed by atoms with E-state index in [0.29, 0.717) is 29.8 Å². The number of hydrogen-bond donors (Lipinski definition) is 4.